The van der Waals surface area contributed by atoms with Gasteiger partial charge in [-0.3, -0.25) is 0 Å². The second-order valence-corrected chi connectivity index (χ2v) is 2.83. The first-order valence-corrected chi connectivity index (χ1v) is 4.32. The summed E-state index contributed by atoms with van der Waals surface area (Å²) in [5.74, 6) is 0. The number of halogens is 1. The first-order valence-electron chi connectivity index (χ1n) is 3.89. The maximum Gasteiger partial charge on any atom is 0.159 e. The maximum absolute atomic E-state index is 5.45. The SMILES string of the molecule is ClC=Cc1ccc2cccnc2n1. The predicted molar refractivity (Wildman–Crippen MR) is 54.4 cm³/mol. The van der Waals surface area contributed by atoms with Gasteiger partial charge in [0.2, 0.25) is 0 Å². The highest BCUT2D eigenvalue weighted by atomic mass is 35.5. The number of aromatic nitrogens is 2. The minimum absolute atomic E-state index is 0.745. The first-order chi connectivity index (χ1) is 6.40. The lowest BCUT2D eigenvalue weighted by Crippen LogP contribution is -1.85. The molecule has 0 spiro atoms. The van der Waals surface area contributed by atoms with Crippen LogP contribution in [0.1, 0.15) is 5.69 Å². The molecule has 0 bridgehead atoms. The van der Waals surface area contributed by atoms with Crippen LogP contribution >= 0.6 is 11.6 Å². The van der Waals surface area contributed by atoms with Crippen LogP contribution in [0.5, 0.6) is 0 Å². The van der Waals surface area contributed by atoms with Gasteiger partial charge in [-0.25, -0.2) is 9.97 Å². The summed E-state index contributed by atoms with van der Waals surface area (Å²) in [7, 11) is 0. The van der Waals surface area contributed by atoms with Gasteiger partial charge < -0.3 is 0 Å². The summed E-state index contributed by atoms with van der Waals surface area (Å²) in [6, 6.07) is 7.75. The third kappa shape index (κ3) is 1.68. The molecule has 3 heteroatoms. The molecule has 0 aliphatic rings. The minimum Gasteiger partial charge on any atom is -0.237 e. The highest BCUT2D eigenvalue weighted by molar-refractivity contribution is 6.27. The molecule has 64 valence electrons. The highest BCUT2D eigenvalue weighted by Crippen LogP contribution is 2.10. The quantitative estimate of drug-likeness (QED) is 0.691. The van der Waals surface area contributed by atoms with Gasteiger partial charge in [0.25, 0.3) is 0 Å². The normalized spacial score (nSPS) is 11.2. The Balaban J connectivity index is 2.62. The van der Waals surface area contributed by atoms with Crippen molar-refractivity contribution in [3.63, 3.8) is 0 Å². The van der Waals surface area contributed by atoms with Gasteiger partial charge in [-0.1, -0.05) is 11.6 Å². The van der Waals surface area contributed by atoms with E-state index in [0.29, 0.717) is 0 Å². The van der Waals surface area contributed by atoms with Crippen LogP contribution in [0.2, 0.25) is 0 Å². The molecule has 0 saturated heterocycles. The van der Waals surface area contributed by atoms with Crippen LogP contribution in [0, 0.1) is 0 Å². The van der Waals surface area contributed by atoms with Crippen LogP contribution in [0.3, 0.4) is 0 Å². The molecular formula is C10H7ClN2. The lowest BCUT2D eigenvalue weighted by Gasteiger charge is -1.96. The average molecular weight is 191 g/mol. The molecule has 2 aromatic heterocycles. The van der Waals surface area contributed by atoms with Gasteiger partial charge in [0.1, 0.15) is 0 Å². The van der Waals surface area contributed by atoms with Crippen molar-refractivity contribution < 1.29 is 0 Å². The molecule has 0 atom stereocenters. The highest BCUT2D eigenvalue weighted by Gasteiger charge is 1.94. The van der Waals surface area contributed by atoms with Gasteiger partial charge in [0, 0.05) is 17.1 Å². The molecule has 0 unspecified atom stereocenters. The van der Waals surface area contributed by atoms with Gasteiger partial charge in [-0.2, -0.15) is 0 Å². The Hall–Kier alpha value is -1.41. The number of hydrogen-bond acceptors (Lipinski definition) is 2. The van der Waals surface area contributed by atoms with Gasteiger partial charge >= 0.3 is 0 Å². The molecule has 0 aliphatic carbocycles. The fraction of sp³-hybridized carbons (Fsp3) is 0. The van der Waals surface area contributed by atoms with Crippen molar-refractivity contribution in [2.24, 2.45) is 0 Å². The molecule has 2 aromatic rings. The summed E-state index contributed by atoms with van der Waals surface area (Å²) in [5.41, 5.74) is 3.01. The van der Waals surface area contributed by atoms with Crippen LogP contribution in [0.4, 0.5) is 0 Å². The second-order valence-electron chi connectivity index (χ2n) is 2.58. The van der Waals surface area contributed by atoms with Gasteiger partial charge in [-0.05, 0) is 30.3 Å². The molecule has 0 aliphatic heterocycles. The Kier molecular flexibility index (Phi) is 2.23. The van der Waals surface area contributed by atoms with Crippen LogP contribution in [0.15, 0.2) is 36.0 Å². The number of nitrogens with zero attached hydrogens (tertiary/aromatic N) is 2. The van der Waals surface area contributed by atoms with Crippen LogP contribution in [-0.2, 0) is 0 Å². The third-order valence-corrected chi connectivity index (χ3v) is 1.85. The summed E-state index contributed by atoms with van der Waals surface area (Å²) in [6.45, 7) is 0. The molecule has 0 fully saturated rings. The molecule has 0 saturated carbocycles. The van der Waals surface area contributed by atoms with Crippen LogP contribution < -0.4 is 0 Å². The van der Waals surface area contributed by atoms with E-state index in [1.54, 1.807) is 12.3 Å². The summed E-state index contributed by atoms with van der Waals surface area (Å²) in [5, 5.41) is 1.04. The zero-order chi connectivity index (χ0) is 9.10. The molecule has 0 aromatic carbocycles. The Labute approximate surface area is 80.9 Å². The van der Waals surface area contributed by atoms with E-state index < -0.39 is 0 Å². The zero-order valence-corrected chi connectivity index (χ0v) is 7.57. The summed E-state index contributed by atoms with van der Waals surface area (Å²) in [4.78, 5) is 8.42. The molecule has 2 rings (SSSR count). The van der Waals surface area contributed by atoms with Crippen LogP contribution in [-0.4, -0.2) is 9.97 Å². The molecule has 2 heterocycles. The number of hydrogen-bond donors (Lipinski definition) is 0. The van der Waals surface area contributed by atoms with Gasteiger partial charge in [0.15, 0.2) is 5.65 Å². The van der Waals surface area contributed by atoms with Crippen molar-refractivity contribution in [2.75, 3.05) is 0 Å². The van der Waals surface area contributed by atoms with Crippen molar-refractivity contribution >= 4 is 28.7 Å². The van der Waals surface area contributed by atoms with E-state index in [1.807, 2.05) is 24.3 Å². The number of pyridine rings is 2. The lowest BCUT2D eigenvalue weighted by molar-refractivity contribution is 1.27. The minimum atomic E-state index is 0.745. The Bertz CT molecular complexity index is 451. The smallest absolute Gasteiger partial charge is 0.159 e. The number of rotatable bonds is 1. The van der Waals surface area contributed by atoms with Crippen molar-refractivity contribution in [3.05, 3.63) is 41.7 Å². The average Bonchev–Trinajstić information content (AvgIpc) is 2.18. The van der Waals surface area contributed by atoms with Crippen molar-refractivity contribution in [1.82, 2.24) is 9.97 Å². The molecule has 0 radical (unpaired) electrons. The van der Waals surface area contributed by atoms with Crippen molar-refractivity contribution in [2.45, 2.75) is 0 Å². The molecule has 13 heavy (non-hydrogen) atoms. The lowest BCUT2D eigenvalue weighted by atomic mass is 10.2. The zero-order valence-electron chi connectivity index (χ0n) is 6.81. The Morgan fingerprint density at radius 2 is 2.15 bits per heavy atom. The van der Waals surface area contributed by atoms with Crippen molar-refractivity contribution in [3.8, 4) is 0 Å². The van der Waals surface area contributed by atoms with Gasteiger partial charge in [-0.15, -0.1) is 0 Å². The fourth-order valence-corrected chi connectivity index (χ4v) is 1.25. The summed E-state index contributed by atoms with van der Waals surface area (Å²) >= 11 is 5.45. The van der Waals surface area contributed by atoms with Gasteiger partial charge in [0.05, 0.1) is 5.69 Å². The van der Waals surface area contributed by atoms with E-state index >= 15 is 0 Å². The van der Waals surface area contributed by atoms with Crippen molar-refractivity contribution in [1.29, 1.82) is 0 Å². The van der Waals surface area contributed by atoms with E-state index in [2.05, 4.69) is 9.97 Å². The van der Waals surface area contributed by atoms with E-state index in [1.165, 1.54) is 5.54 Å². The molecule has 2 nitrogen and oxygen atoms in total. The first kappa shape index (κ1) is 8.20. The Morgan fingerprint density at radius 3 is 3.00 bits per heavy atom. The predicted octanol–water partition coefficient (Wildman–Crippen LogP) is 2.84. The monoisotopic (exact) mass is 190 g/mol. The van der Waals surface area contributed by atoms with E-state index in [9.17, 15) is 0 Å². The fourth-order valence-electron chi connectivity index (χ4n) is 1.12. The van der Waals surface area contributed by atoms with E-state index in [0.717, 1.165) is 16.7 Å². The van der Waals surface area contributed by atoms with E-state index in [4.69, 9.17) is 11.6 Å². The largest absolute Gasteiger partial charge is 0.237 e. The molecular weight excluding hydrogens is 184 g/mol. The van der Waals surface area contributed by atoms with Crippen LogP contribution in [0.25, 0.3) is 17.1 Å². The summed E-state index contributed by atoms with van der Waals surface area (Å²) in [6.07, 6.45) is 3.46. The second kappa shape index (κ2) is 3.54. The van der Waals surface area contributed by atoms with E-state index in [-0.39, 0.29) is 0 Å². The topological polar surface area (TPSA) is 25.8 Å². The standard InChI is InChI=1S/C10H7ClN2/c11-6-5-9-4-3-8-2-1-7-12-10(8)13-9/h1-7H. The Morgan fingerprint density at radius 1 is 1.23 bits per heavy atom. The maximum atomic E-state index is 5.45. The summed E-state index contributed by atoms with van der Waals surface area (Å²) < 4.78 is 0. The molecule has 0 N–H and O–H groups in total. The third-order valence-electron chi connectivity index (χ3n) is 1.72. The molecule has 0 amide bonds. The number of fused-ring (bicyclic) bond motifs is 1.